The van der Waals surface area contributed by atoms with E-state index in [-0.39, 0.29) is 48.9 Å². The third kappa shape index (κ3) is 9.09. The minimum Gasteiger partial charge on any atom is -0.512 e. The molecule has 299 valence electrons. The Labute approximate surface area is 350 Å². The number of furan rings is 1. The van der Waals surface area contributed by atoms with Crippen LogP contribution in [0.1, 0.15) is 128 Å². The molecule has 1 fully saturated rings. The molecular formula is C50H62IrNO3Si-. The molecule has 1 N–H and O–H groups in total. The van der Waals surface area contributed by atoms with E-state index in [1.165, 1.54) is 81.8 Å². The van der Waals surface area contributed by atoms with Gasteiger partial charge in [0.1, 0.15) is 11.3 Å². The van der Waals surface area contributed by atoms with Crippen LogP contribution >= 0.6 is 0 Å². The molecule has 0 amide bonds. The molecule has 0 unspecified atom stereocenters. The van der Waals surface area contributed by atoms with Crippen LogP contribution in [0.4, 0.5) is 0 Å². The van der Waals surface area contributed by atoms with E-state index in [9.17, 15) is 9.90 Å². The first kappa shape index (κ1) is 43.5. The Balaban J connectivity index is 0.000000322. The molecule has 0 bridgehead atoms. The van der Waals surface area contributed by atoms with Gasteiger partial charge in [0.05, 0.1) is 13.8 Å². The van der Waals surface area contributed by atoms with Gasteiger partial charge in [0.15, 0.2) is 5.78 Å². The summed E-state index contributed by atoms with van der Waals surface area (Å²) in [5.41, 5.74) is 8.10. The summed E-state index contributed by atoms with van der Waals surface area (Å²) in [6.07, 6.45) is 15.7. The molecule has 7 rings (SSSR count). The molecule has 0 spiro atoms. The van der Waals surface area contributed by atoms with Gasteiger partial charge in [-0.3, -0.25) is 9.78 Å². The van der Waals surface area contributed by atoms with Crippen molar-refractivity contribution in [2.75, 3.05) is 0 Å². The van der Waals surface area contributed by atoms with Crippen molar-refractivity contribution < 1.29 is 34.4 Å². The summed E-state index contributed by atoms with van der Waals surface area (Å²) in [7, 11) is -1.42. The van der Waals surface area contributed by atoms with Gasteiger partial charge in [-0.25, -0.2) is 0 Å². The fourth-order valence-electron chi connectivity index (χ4n) is 8.85. The number of fused-ring (bicyclic) bond motifs is 3. The summed E-state index contributed by atoms with van der Waals surface area (Å²) >= 11 is 0. The van der Waals surface area contributed by atoms with E-state index in [0.29, 0.717) is 5.92 Å². The number of aromatic nitrogens is 1. The number of aliphatic hydroxyl groups is 1. The predicted octanol–water partition coefficient (Wildman–Crippen LogP) is 13.7. The van der Waals surface area contributed by atoms with Crippen molar-refractivity contribution in [2.45, 2.75) is 130 Å². The molecule has 2 aliphatic carbocycles. The molecular weight excluding hydrogens is 883 g/mol. The van der Waals surface area contributed by atoms with Gasteiger partial charge in [-0.05, 0) is 79.8 Å². The molecule has 2 aliphatic rings. The number of hydrogen-bond donors (Lipinski definition) is 1. The number of carbonyl (C=O) groups excluding carboxylic acids is 1. The molecule has 5 aromatic rings. The zero-order valence-electron chi connectivity index (χ0n) is 35.1. The first-order chi connectivity index (χ1) is 26.3. The topological polar surface area (TPSA) is 63.3 Å². The summed E-state index contributed by atoms with van der Waals surface area (Å²) in [5, 5.41) is 14.9. The maximum absolute atomic E-state index is 11.7. The normalized spacial score (nSPS) is 15.8. The SMILES string of the molecule is CC1(C)C(c2cc3ccc([Si](C)(C)C)cc3o2)=Cc2ccnc(-c3[c-]c4ccccc4c(C4CCCCC4)c3)c21.CCC(CC)C(=O)/C=C(\O)C(CC)CC.[Ir]. The molecule has 0 atom stereocenters. The number of aliphatic hydroxyl groups excluding tert-OH is 1. The van der Waals surface area contributed by atoms with Crippen LogP contribution in [0, 0.1) is 17.9 Å². The fourth-order valence-corrected chi connectivity index (χ4v) is 10.0. The van der Waals surface area contributed by atoms with Crippen molar-refractivity contribution in [2.24, 2.45) is 11.8 Å². The van der Waals surface area contributed by atoms with Gasteiger partial charge in [-0.2, -0.15) is 0 Å². The minimum atomic E-state index is -1.42. The Hall–Kier alpha value is -3.57. The van der Waals surface area contributed by atoms with Gasteiger partial charge < -0.3 is 9.52 Å². The smallest absolute Gasteiger partial charge is 0.162 e. The Morgan fingerprint density at radius 3 is 2.27 bits per heavy atom. The second kappa shape index (κ2) is 18.3. The van der Waals surface area contributed by atoms with E-state index >= 15 is 0 Å². The Morgan fingerprint density at radius 1 is 0.929 bits per heavy atom. The van der Waals surface area contributed by atoms with Gasteiger partial charge in [-0.1, -0.05) is 127 Å². The van der Waals surface area contributed by atoms with Crippen molar-refractivity contribution >= 4 is 52.4 Å². The second-order valence-corrected chi connectivity index (χ2v) is 22.5. The number of ketones is 1. The average Bonchev–Trinajstić information content (AvgIpc) is 3.72. The number of nitrogens with zero attached hydrogens (tertiary/aromatic N) is 1. The molecule has 4 nitrogen and oxygen atoms in total. The average molecular weight is 945 g/mol. The van der Waals surface area contributed by atoms with Crippen molar-refractivity contribution in [3.05, 3.63) is 107 Å². The van der Waals surface area contributed by atoms with Crippen molar-refractivity contribution in [1.29, 1.82) is 0 Å². The van der Waals surface area contributed by atoms with E-state index in [0.717, 1.165) is 48.3 Å². The predicted molar refractivity (Wildman–Crippen MR) is 236 cm³/mol. The van der Waals surface area contributed by atoms with Crippen LogP contribution < -0.4 is 5.19 Å². The molecule has 0 saturated heterocycles. The number of hydrogen-bond acceptors (Lipinski definition) is 4. The van der Waals surface area contributed by atoms with E-state index in [1.54, 1.807) is 0 Å². The third-order valence-corrected chi connectivity index (χ3v) is 14.5. The van der Waals surface area contributed by atoms with Gasteiger partial charge >= 0.3 is 0 Å². The standard InChI is InChI=1S/C37H38NOSi.C13H24O2.Ir/c1-37(2)32(34-22-26-15-16-29(40(3,4)5)23-33(26)39-34)21-27-17-18-38-36(35(27)37)28-19-25-13-9-10-14-30(25)31(20-28)24-11-7-6-8-12-24;1-5-10(6-2)12(14)9-13(15)11(7-3)8-4;/h9-10,13-18,20-24H,6-8,11-12H2,1-5H3;9-11,14H,5-8H2,1-4H3;/q-1;;/b;12-9-;. The second-order valence-electron chi connectivity index (χ2n) is 17.4. The zero-order chi connectivity index (χ0) is 39.5. The van der Waals surface area contributed by atoms with Gasteiger partial charge in [0.2, 0.25) is 0 Å². The van der Waals surface area contributed by atoms with Gasteiger partial charge in [0, 0.05) is 66.3 Å². The van der Waals surface area contributed by atoms with Crippen LogP contribution in [0.2, 0.25) is 19.6 Å². The van der Waals surface area contributed by atoms with Crippen LogP contribution in [0.5, 0.6) is 0 Å². The van der Waals surface area contributed by atoms with Gasteiger partial charge in [-0.15, -0.1) is 29.1 Å². The van der Waals surface area contributed by atoms with E-state index in [1.807, 2.05) is 33.9 Å². The number of benzene rings is 3. The third-order valence-electron chi connectivity index (χ3n) is 12.4. The summed E-state index contributed by atoms with van der Waals surface area (Å²) in [6.45, 7) is 19.9. The first-order valence-electron chi connectivity index (χ1n) is 21.0. The zero-order valence-corrected chi connectivity index (χ0v) is 38.5. The maximum Gasteiger partial charge on any atom is 0.162 e. The summed E-state index contributed by atoms with van der Waals surface area (Å²) < 4.78 is 6.58. The maximum atomic E-state index is 11.7. The van der Waals surface area contributed by atoms with Crippen LogP contribution in [-0.4, -0.2) is 23.9 Å². The van der Waals surface area contributed by atoms with Crippen LogP contribution in [0.3, 0.4) is 0 Å². The molecule has 3 aromatic carbocycles. The number of carbonyl (C=O) groups is 1. The number of allylic oxidation sites excluding steroid dienone is 3. The summed E-state index contributed by atoms with van der Waals surface area (Å²) in [6, 6.07) is 26.2. The molecule has 0 aliphatic heterocycles. The van der Waals surface area contributed by atoms with Crippen LogP contribution in [-0.2, 0) is 30.3 Å². The van der Waals surface area contributed by atoms with Crippen molar-refractivity contribution in [3.8, 4) is 11.3 Å². The Bertz CT molecular complexity index is 2210. The van der Waals surface area contributed by atoms with E-state index in [2.05, 4.69) is 106 Å². The van der Waals surface area contributed by atoms with Crippen molar-refractivity contribution in [1.82, 2.24) is 4.98 Å². The molecule has 56 heavy (non-hydrogen) atoms. The molecule has 1 radical (unpaired) electrons. The first-order valence-corrected chi connectivity index (χ1v) is 24.5. The Morgan fingerprint density at radius 2 is 1.61 bits per heavy atom. The monoisotopic (exact) mass is 945 g/mol. The quantitative estimate of drug-likeness (QED) is 0.0620. The summed E-state index contributed by atoms with van der Waals surface area (Å²) in [5.74, 6) is 2.12. The van der Waals surface area contributed by atoms with Crippen LogP contribution in [0.25, 0.3) is 44.6 Å². The fraction of sp³-hybridized carbons (Fsp3) is 0.440. The number of rotatable bonds is 11. The molecule has 1 saturated carbocycles. The molecule has 2 heterocycles. The number of pyridine rings is 1. The van der Waals surface area contributed by atoms with Gasteiger partial charge in [0.25, 0.3) is 0 Å². The Kier molecular flexibility index (Phi) is 14.3. The molecule has 2 aromatic heterocycles. The summed E-state index contributed by atoms with van der Waals surface area (Å²) in [4.78, 5) is 16.7. The largest absolute Gasteiger partial charge is 0.512 e. The molecule has 6 heteroatoms. The van der Waals surface area contributed by atoms with Crippen LogP contribution in [0.15, 0.2) is 83.1 Å². The minimum absolute atomic E-state index is 0. The van der Waals surface area contributed by atoms with E-state index < -0.39 is 8.07 Å². The van der Waals surface area contributed by atoms with Crippen molar-refractivity contribution in [3.63, 3.8) is 0 Å². The van der Waals surface area contributed by atoms with E-state index in [4.69, 9.17) is 9.40 Å².